The third-order valence-corrected chi connectivity index (χ3v) is 6.55. The Balaban J connectivity index is 1.56. The smallest absolute Gasteiger partial charge is 0.223 e. The lowest BCUT2D eigenvalue weighted by Gasteiger charge is -2.17. The van der Waals surface area contributed by atoms with Crippen molar-refractivity contribution in [2.45, 2.75) is 23.7 Å². The number of ether oxygens (including phenoxy) is 1. The maximum atomic E-state index is 12.4. The third-order valence-electron chi connectivity index (χ3n) is 4.82. The minimum atomic E-state index is -3.42. The molecule has 1 aliphatic rings. The zero-order valence-corrected chi connectivity index (χ0v) is 15.6. The van der Waals surface area contributed by atoms with Crippen LogP contribution in [-0.2, 0) is 14.6 Å². The molecule has 26 heavy (non-hydrogen) atoms. The van der Waals surface area contributed by atoms with Gasteiger partial charge in [0.2, 0.25) is 5.91 Å². The molecule has 3 rings (SSSR count). The van der Waals surface area contributed by atoms with Crippen molar-refractivity contribution in [1.29, 1.82) is 0 Å². The largest absolute Gasteiger partial charge is 0.497 e. The lowest BCUT2D eigenvalue weighted by Crippen LogP contribution is -2.30. The maximum absolute atomic E-state index is 12.4. The lowest BCUT2D eigenvalue weighted by atomic mass is 9.98. The lowest BCUT2D eigenvalue weighted by molar-refractivity contribution is -0.129. The SMILES string of the molecule is COc1ccc([C@@H]2CCN(C(=O)CCS(=O)(=O)c3ccccc3)C2)cc1. The first-order valence-electron chi connectivity index (χ1n) is 8.69. The standard InChI is InChI=1S/C20H23NO4S/c1-25-18-9-7-16(8-10-18)17-11-13-21(15-17)20(22)12-14-26(23,24)19-5-3-2-4-6-19/h2-10,17H,11-15H2,1H3/t17-/m1/s1. The first kappa shape index (κ1) is 18.5. The van der Waals surface area contributed by atoms with E-state index in [0.29, 0.717) is 13.1 Å². The summed E-state index contributed by atoms with van der Waals surface area (Å²) in [5, 5.41) is 0. The molecule has 0 bridgehead atoms. The molecule has 1 heterocycles. The molecule has 2 aromatic carbocycles. The fourth-order valence-electron chi connectivity index (χ4n) is 3.26. The maximum Gasteiger partial charge on any atom is 0.223 e. The van der Waals surface area contributed by atoms with E-state index in [1.165, 1.54) is 5.56 Å². The van der Waals surface area contributed by atoms with Gasteiger partial charge in [0, 0.05) is 25.4 Å². The van der Waals surface area contributed by atoms with Crippen molar-refractivity contribution < 1.29 is 17.9 Å². The molecule has 1 amide bonds. The van der Waals surface area contributed by atoms with E-state index < -0.39 is 9.84 Å². The summed E-state index contributed by atoms with van der Waals surface area (Å²) >= 11 is 0. The van der Waals surface area contributed by atoms with Crippen LogP contribution in [0.15, 0.2) is 59.5 Å². The van der Waals surface area contributed by atoms with Gasteiger partial charge < -0.3 is 9.64 Å². The minimum absolute atomic E-state index is 0.0204. The van der Waals surface area contributed by atoms with Gasteiger partial charge in [0.1, 0.15) is 5.75 Å². The number of likely N-dealkylation sites (tertiary alicyclic amines) is 1. The Morgan fingerprint density at radius 1 is 1.12 bits per heavy atom. The van der Waals surface area contributed by atoms with Gasteiger partial charge in [0.15, 0.2) is 9.84 Å². The van der Waals surface area contributed by atoms with Crippen LogP contribution in [0.25, 0.3) is 0 Å². The fraction of sp³-hybridized carbons (Fsp3) is 0.350. The highest BCUT2D eigenvalue weighted by atomic mass is 32.2. The molecule has 0 aliphatic carbocycles. The molecule has 1 saturated heterocycles. The van der Waals surface area contributed by atoms with Gasteiger partial charge in [-0.15, -0.1) is 0 Å². The number of carbonyl (C=O) groups is 1. The number of sulfone groups is 1. The molecule has 2 aromatic rings. The van der Waals surface area contributed by atoms with E-state index in [4.69, 9.17) is 4.74 Å². The summed E-state index contributed by atoms with van der Waals surface area (Å²) in [6.45, 7) is 1.30. The van der Waals surface area contributed by atoms with Gasteiger partial charge in [-0.2, -0.15) is 0 Å². The van der Waals surface area contributed by atoms with E-state index in [-0.39, 0.29) is 28.9 Å². The van der Waals surface area contributed by atoms with Gasteiger partial charge in [0.25, 0.3) is 0 Å². The minimum Gasteiger partial charge on any atom is -0.497 e. The van der Waals surface area contributed by atoms with Gasteiger partial charge in [0.05, 0.1) is 17.8 Å². The van der Waals surface area contributed by atoms with Crippen molar-refractivity contribution in [1.82, 2.24) is 4.90 Å². The molecule has 1 atom stereocenters. The summed E-state index contributed by atoms with van der Waals surface area (Å²) in [5.41, 5.74) is 1.18. The summed E-state index contributed by atoms with van der Waals surface area (Å²) in [6, 6.07) is 16.2. The van der Waals surface area contributed by atoms with Crippen LogP contribution in [0.1, 0.15) is 24.3 Å². The van der Waals surface area contributed by atoms with Crippen molar-refractivity contribution in [3.63, 3.8) is 0 Å². The number of carbonyl (C=O) groups excluding carboxylic acids is 1. The number of nitrogens with zero attached hydrogens (tertiary/aromatic N) is 1. The Hall–Kier alpha value is -2.34. The second-order valence-corrected chi connectivity index (χ2v) is 8.59. The highest BCUT2D eigenvalue weighted by Gasteiger charge is 2.28. The first-order valence-corrected chi connectivity index (χ1v) is 10.3. The highest BCUT2D eigenvalue weighted by Crippen LogP contribution is 2.29. The molecule has 1 fully saturated rings. The van der Waals surface area contributed by atoms with E-state index in [9.17, 15) is 13.2 Å². The first-order chi connectivity index (χ1) is 12.5. The Morgan fingerprint density at radius 3 is 2.46 bits per heavy atom. The van der Waals surface area contributed by atoms with Gasteiger partial charge in [-0.1, -0.05) is 30.3 Å². The number of benzene rings is 2. The molecular weight excluding hydrogens is 350 g/mol. The third kappa shape index (κ3) is 4.25. The summed E-state index contributed by atoms with van der Waals surface area (Å²) in [7, 11) is -1.79. The zero-order chi connectivity index (χ0) is 18.6. The quantitative estimate of drug-likeness (QED) is 0.781. The predicted molar refractivity (Wildman–Crippen MR) is 100 cm³/mol. The topological polar surface area (TPSA) is 63.7 Å². The average Bonchev–Trinajstić information content (AvgIpc) is 3.17. The van der Waals surface area contributed by atoms with Crippen LogP contribution in [0, 0.1) is 0 Å². The van der Waals surface area contributed by atoms with Crippen molar-refractivity contribution in [3.05, 3.63) is 60.2 Å². The van der Waals surface area contributed by atoms with Crippen LogP contribution in [0.4, 0.5) is 0 Å². The Labute approximate surface area is 154 Å². The molecule has 0 radical (unpaired) electrons. The molecule has 5 nitrogen and oxygen atoms in total. The van der Waals surface area contributed by atoms with Gasteiger partial charge >= 0.3 is 0 Å². The molecule has 138 valence electrons. The van der Waals surface area contributed by atoms with Gasteiger partial charge in [-0.05, 0) is 36.2 Å². The van der Waals surface area contributed by atoms with Crippen LogP contribution in [0.3, 0.4) is 0 Å². The molecule has 6 heteroatoms. The van der Waals surface area contributed by atoms with E-state index in [1.807, 2.05) is 24.3 Å². The summed E-state index contributed by atoms with van der Waals surface area (Å²) in [5.74, 6) is 0.849. The van der Waals surface area contributed by atoms with Crippen LogP contribution < -0.4 is 4.74 Å². The van der Waals surface area contributed by atoms with Crippen LogP contribution in [0.2, 0.25) is 0 Å². The van der Waals surface area contributed by atoms with Crippen molar-refractivity contribution >= 4 is 15.7 Å². The fourth-order valence-corrected chi connectivity index (χ4v) is 4.51. The number of amides is 1. The van der Waals surface area contributed by atoms with Gasteiger partial charge in [-0.25, -0.2) is 8.42 Å². The Kier molecular flexibility index (Phi) is 5.61. The van der Waals surface area contributed by atoms with Crippen LogP contribution in [0.5, 0.6) is 5.75 Å². The number of rotatable bonds is 6. The van der Waals surface area contributed by atoms with Crippen molar-refractivity contribution in [3.8, 4) is 5.75 Å². The number of hydrogen-bond acceptors (Lipinski definition) is 4. The Morgan fingerprint density at radius 2 is 1.81 bits per heavy atom. The van der Waals surface area contributed by atoms with E-state index >= 15 is 0 Å². The van der Waals surface area contributed by atoms with Crippen molar-refractivity contribution in [2.75, 3.05) is 26.0 Å². The van der Waals surface area contributed by atoms with Crippen molar-refractivity contribution in [2.24, 2.45) is 0 Å². The second kappa shape index (κ2) is 7.91. The average molecular weight is 373 g/mol. The second-order valence-electron chi connectivity index (χ2n) is 6.48. The van der Waals surface area contributed by atoms with Crippen LogP contribution in [-0.4, -0.2) is 45.2 Å². The predicted octanol–water partition coefficient (Wildman–Crippen LogP) is 2.88. The molecule has 0 unspecified atom stereocenters. The van der Waals surface area contributed by atoms with E-state index in [2.05, 4.69) is 0 Å². The Bertz CT molecular complexity index is 847. The monoisotopic (exact) mass is 373 g/mol. The van der Waals surface area contributed by atoms with Gasteiger partial charge in [-0.3, -0.25) is 4.79 Å². The summed E-state index contributed by atoms with van der Waals surface area (Å²) in [6.07, 6.45) is 0.913. The molecule has 0 saturated carbocycles. The molecule has 0 N–H and O–H groups in total. The number of hydrogen-bond donors (Lipinski definition) is 0. The highest BCUT2D eigenvalue weighted by molar-refractivity contribution is 7.91. The van der Waals surface area contributed by atoms with Crippen LogP contribution >= 0.6 is 0 Å². The molecular formula is C20H23NO4S. The molecule has 1 aliphatic heterocycles. The molecule has 0 spiro atoms. The van der Waals surface area contributed by atoms with E-state index in [0.717, 1.165) is 12.2 Å². The molecule has 0 aromatic heterocycles. The number of methoxy groups -OCH3 is 1. The summed E-state index contributed by atoms with van der Waals surface area (Å²) in [4.78, 5) is 14.5. The van der Waals surface area contributed by atoms with E-state index in [1.54, 1.807) is 42.3 Å². The summed E-state index contributed by atoms with van der Waals surface area (Å²) < 4.78 is 29.8. The normalized spacial score (nSPS) is 17.3. The zero-order valence-electron chi connectivity index (χ0n) is 14.8.